The standard InChI is InChI=1S/C13H21N5O3/c1-3-4-10-12(18(20)21)11(17-16-10)13(19)15-9-5-6-14-7-8(9)2/h8-9,14H,3-7H2,1-2H3,(H,15,19)(H,16,17). The maximum absolute atomic E-state index is 12.3. The zero-order valence-electron chi connectivity index (χ0n) is 12.3. The zero-order valence-corrected chi connectivity index (χ0v) is 12.3. The zero-order chi connectivity index (χ0) is 15.4. The number of rotatable bonds is 5. The number of aromatic amines is 1. The lowest BCUT2D eigenvalue weighted by molar-refractivity contribution is -0.385. The number of piperidine rings is 1. The predicted molar refractivity (Wildman–Crippen MR) is 77.1 cm³/mol. The number of nitrogens with one attached hydrogen (secondary N) is 3. The molecule has 0 spiro atoms. The van der Waals surface area contributed by atoms with E-state index in [-0.39, 0.29) is 23.3 Å². The van der Waals surface area contributed by atoms with Crippen molar-refractivity contribution in [1.82, 2.24) is 20.8 Å². The van der Waals surface area contributed by atoms with Crippen molar-refractivity contribution in [3.05, 3.63) is 21.5 Å². The van der Waals surface area contributed by atoms with Crippen molar-refractivity contribution >= 4 is 11.6 Å². The average molecular weight is 295 g/mol. The van der Waals surface area contributed by atoms with Crippen molar-refractivity contribution < 1.29 is 9.72 Å². The van der Waals surface area contributed by atoms with E-state index < -0.39 is 10.8 Å². The van der Waals surface area contributed by atoms with E-state index in [1.807, 2.05) is 13.8 Å². The number of aromatic nitrogens is 2. The number of nitro groups is 1. The Balaban J connectivity index is 2.16. The van der Waals surface area contributed by atoms with E-state index in [4.69, 9.17) is 0 Å². The van der Waals surface area contributed by atoms with E-state index in [9.17, 15) is 14.9 Å². The summed E-state index contributed by atoms with van der Waals surface area (Å²) in [5.74, 6) is -0.185. The minimum absolute atomic E-state index is 0.0182. The number of carbonyl (C=O) groups is 1. The summed E-state index contributed by atoms with van der Waals surface area (Å²) in [5, 5.41) is 23.8. The molecule has 1 aliphatic heterocycles. The Kier molecular flexibility index (Phi) is 4.89. The topological polar surface area (TPSA) is 113 Å². The highest BCUT2D eigenvalue weighted by Crippen LogP contribution is 2.23. The van der Waals surface area contributed by atoms with Gasteiger partial charge < -0.3 is 10.6 Å². The molecule has 0 bridgehead atoms. The van der Waals surface area contributed by atoms with E-state index >= 15 is 0 Å². The molecule has 1 aromatic rings. The summed E-state index contributed by atoms with van der Waals surface area (Å²) in [6.07, 6.45) is 2.06. The molecule has 1 amide bonds. The summed E-state index contributed by atoms with van der Waals surface area (Å²) >= 11 is 0. The lowest BCUT2D eigenvalue weighted by Crippen LogP contribution is -2.48. The molecule has 3 N–H and O–H groups in total. The minimum atomic E-state index is -0.532. The van der Waals surface area contributed by atoms with Crippen molar-refractivity contribution in [2.45, 2.75) is 39.2 Å². The molecule has 2 atom stereocenters. The number of hydrogen-bond acceptors (Lipinski definition) is 5. The maximum atomic E-state index is 12.3. The molecule has 8 nitrogen and oxygen atoms in total. The normalized spacial score (nSPS) is 22.0. The summed E-state index contributed by atoms with van der Waals surface area (Å²) < 4.78 is 0. The highest BCUT2D eigenvalue weighted by molar-refractivity contribution is 5.96. The summed E-state index contributed by atoms with van der Waals surface area (Å²) in [7, 11) is 0. The lowest BCUT2D eigenvalue weighted by atomic mass is 9.95. The second-order valence-corrected chi connectivity index (χ2v) is 5.46. The number of amides is 1. The smallest absolute Gasteiger partial charge is 0.322 e. The van der Waals surface area contributed by atoms with Gasteiger partial charge in [0.25, 0.3) is 5.91 Å². The molecule has 1 aromatic heterocycles. The van der Waals surface area contributed by atoms with Crippen LogP contribution in [-0.2, 0) is 6.42 Å². The third-order valence-electron chi connectivity index (χ3n) is 3.81. The van der Waals surface area contributed by atoms with Crippen LogP contribution in [0.2, 0.25) is 0 Å². The van der Waals surface area contributed by atoms with Crippen LogP contribution >= 0.6 is 0 Å². The summed E-state index contributed by atoms with van der Waals surface area (Å²) in [6, 6.07) is 0.0182. The van der Waals surface area contributed by atoms with Crippen molar-refractivity contribution in [3.8, 4) is 0 Å². The molecule has 2 unspecified atom stereocenters. The molecule has 116 valence electrons. The highest BCUT2D eigenvalue weighted by Gasteiger charge is 2.31. The van der Waals surface area contributed by atoms with Gasteiger partial charge in [0.15, 0.2) is 0 Å². The Morgan fingerprint density at radius 2 is 2.33 bits per heavy atom. The largest absolute Gasteiger partial charge is 0.347 e. The van der Waals surface area contributed by atoms with Gasteiger partial charge in [0.05, 0.1) is 4.92 Å². The number of nitrogens with zero attached hydrogens (tertiary/aromatic N) is 2. The molecule has 0 aliphatic carbocycles. The Bertz CT molecular complexity index is 528. The van der Waals surface area contributed by atoms with Crippen molar-refractivity contribution in [3.63, 3.8) is 0 Å². The molecule has 2 heterocycles. The Morgan fingerprint density at radius 1 is 1.57 bits per heavy atom. The molecule has 1 saturated heterocycles. The van der Waals surface area contributed by atoms with Gasteiger partial charge in [0.2, 0.25) is 5.69 Å². The van der Waals surface area contributed by atoms with Gasteiger partial charge in [0.1, 0.15) is 5.69 Å². The van der Waals surface area contributed by atoms with Gasteiger partial charge in [0, 0.05) is 6.04 Å². The summed E-state index contributed by atoms with van der Waals surface area (Å²) in [5.41, 5.74) is 0.0936. The SMILES string of the molecule is CCCc1[nH]nc(C(=O)NC2CCNCC2C)c1[N+](=O)[O-]. The van der Waals surface area contributed by atoms with Crippen LogP contribution in [0, 0.1) is 16.0 Å². The number of aryl methyl sites for hydroxylation is 1. The van der Waals surface area contributed by atoms with E-state index in [0.29, 0.717) is 12.1 Å². The first-order valence-electron chi connectivity index (χ1n) is 7.27. The van der Waals surface area contributed by atoms with Crippen LogP contribution in [-0.4, -0.2) is 40.2 Å². The molecule has 2 rings (SSSR count). The molecule has 8 heteroatoms. The summed E-state index contributed by atoms with van der Waals surface area (Å²) in [6.45, 7) is 5.62. The monoisotopic (exact) mass is 295 g/mol. The van der Waals surface area contributed by atoms with Crippen LogP contribution in [0.25, 0.3) is 0 Å². The van der Waals surface area contributed by atoms with E-state index in [1.165, 1.54) is 0 Å². The Morgan fingerprint density at radius 3 is 2.95 bits per heavy atom. The molecule has 1 aliphatic rings. The Labute approximate surface area is 122 Å². The van der Waals surface area contributed by atoms with Gasteiger partial charge in [-0.2, -0.15) is 5.10 Å². The molecule has 0 aromatic carbocycles. The van der Waals surface area contributed by atoms with Gasteiger partial charge in [-0.3, -0.25) is 20.0 Å². The second kappa shape index (κ2) is 6.66. The van der Waals surface area contributed by atoms with Crippen molar-refractivity contribution in [2.75, 3.05) is 13.1 Å². The predicted octanol–water partition coefficient (Wildman–Crippen LogP) is 0.998. The van der Waals surface area contributed by atoms with E-state index in [0.717, 1.165) is 25.9 Å². The highest BCUT2D eigenvalue weighted by atomic mass is 16.6. The number of hydrogen-bond donors (Lipinski definition) is 3. The van der Waals surface area contributed by atoms with Crippen molar-refractivity contribution in [1.29, 1.82) is 0 Å². The fraction of sp³-hybridized carbons (Fsp3) is 0.692. The molecule has 0 radical (unpaired) electrons. The first kappa shape index (κ1) is 15.4. The quantitative estimate of drug-likeness (QED) is 0.554. The minimum Gasteiger partial charge on any atom is -0.347 e. The van der Waals surface area contributed by atoms with Gasteiger partial charge >= 0.3 is 5.69 Å². The van der Waals surface area contributed by atoms with Crippen LogP contribution in [0.4, 0.5) is 5.69 Å². The fourth-order valence-corrected chi connectivity index (χ4v) is 2.62. The molecular weight excluding hydrogens is 274 g/mol. The van der Waals surface area contributed by atoms with Crippen LogP contribution in [0.5, 0.6) is 0 Å². The van der Waals surface area contributed by atoms with E-state index in [1.54, 1.807) is 0 Å². The van der Waals surface area contributed by atoms with Crippen molar-refractivity contribution in [2.24, 2.45) is 5.92 Å². The first-order chi connectivity index (χ1) is 10.0. The third kappa shape index (κ3) is 3.38. The van der Waals surface area contributed by atoms with Gasteiger partial charge in [-0.05, 0) is 31.8 Å². The molecule has 0 saturated carbocycles. The number of carbonyl (C=O) groups excluding carboxylic acids is 1. The maximum Gasteiger partial charge on any atom is 0.322 e. The third-order valence-corrected chi connectivity index (χ3v) is 3.81. The van der Waals surface area contributed by atoms with Crippen LogP contribution in [0.15, 0.2) is 0 Å². The Hall–Kier alpha value is -1.96. The molecule has 21 heavy (non-hydrogen) atoms. The first-order valence-corrected chi connectivity index (χ1v) is 7.27. The van der Waals surface area contributed by atoms with Gasteiger partial charge in [-0.25, -0.2) is 0 Å². The van der Waals surface area contributed by atoms with Crippen LogP contribution < -0.4 is 10.6 Å². The van der Waals surface area contributed by atoms with Gasteiger partial charge in [-0.1, -0.05) is 20.3 Å². The fourth-order valence-electron chi connectivity index (χ4n) is 2.62. The second-order valence-electron chi connectivity index (χ2n) is 5.46. The van der Waals surface area contributed by atoms with Gasteiger partial charge in [-0.15, -0.1) is 0 Å². The molecule has 1 fully saturated rings. The van der Waals surface area contributed by atoms with Crippen LogP contribution in [0.1, 0.15) is 42.9 Å². The average Bonchev–Trinajstić information content (AvgIpc) is 2.86. The van der Waals surface area contributed by atoms with E-state index in [2.05, 4.69) is 20.8 Å². The lowest BCUT2D eigenvalue weighted by Gasteiger charge is -2.29. The molecular formula is C13H21N5O3. The van der Waals surface area contributed by atoms with Crippen LogP contribution in [0.3, 0.4) is 0 Å². The summed E-state index contributed by atoms with van der Waals surface area (Å²) in [4.78, 5) is 22.9. The number of H-pyrrole nitrogens is 1.